The maximum Gasteiger partial charge on any atom is 0.256 e. The van der Waals surface area contributed by atoms with E-state index in [1.807, 2.05) is 0 Å². The minimum Gasteiger partial charge on any atom is -0.350 e. The van der Waals surface area contributed by atoms with E-state index in [0.717, 1.165) is 19.3 Å². The van der Waals surface area contributed by atoms with E-state index in [1.54, 1.807) is 13.8 Å². The molecule has 0 aromatic carbocycles. The molecule has 5 nitrogen and oxygen atoms in total. The standard InChI is InChI=1S/C11H19NO4/c1-8(13)11(2,3)10(14)12-16-9-6-4-5-7-15-9/h9H,4-7H2,1-3H3,(H,12,14). The van der Waals surface area contributed by atoms with Crippen molar-refractivity contribution >= 4 is 11.7 Å². The Morgan fingerprint density at radius 1 is 1.38 bits per heavy atom. The molecule has 1 unspecified atom stereocenters. The van der Waals surface area contributed by atoms with Crippen molar-refractivity contribution in [1.82, 2.24) is 5.48 Å². The Labute approximate surface area is 95.4 Å². The monoisotopic (exact) mass is 229 g/mol. The van der Waals surface area contributed by atoms with Crippen LogP contribution in [-0.2, 0) is 19.2 Å². The molecule has 1 atom stereocenters. The molecule has 0 aliphatic carbocycles. The van der Waals surface area contributed by atoms with Crippen LogP contribution in [0.2, 0.25) is 0 Å². The molecule has 1 saturated heterocycles. The largest absolute Gasteiger partial charge is 0.350 e. The van der Waals surface area contributed by atoms with Crippen LogP contribution in [0.4, 0.5) is 0 Å². The quantitative estimate of drug-likeness (QED) is 0.580. The minimum atomic E-state index is -1.06. The van der Waals surface area contributed by atoms with E-state index in [0.29, 0.717) is 6.61 Å². The first-order valence-electron chi connectivity index (χ1n) is 5.53. The van der Waals surface area contributed by atoms with Gasteiger partial charge >= 0.3 is 0 Å². The molecule has 5 heteroatoms. The highest BCUT2D eigenvalue weighted by atomic mass is 16.8. The lowest BCUT2D eigenvalue weighted by molar-refractivity contribution is -0.204. The Morgan fingerprint density at radius 2 is 2.06 bits per heavy atom. The maximum atomic E-state index is 11.6. The number of carbonyl (C=O) groups excluding carboxylic acids is 2. The molecule has 0 saturated carbocycles. The predicted molar refractivity (Wildman–Crippen MR) is 57.3 cm³/mol. The fraction of sp³-hybridized carbons (Fsp3) is 0.818. The zero-order valence-corrected chi connectivity index (χ0v) is 10.0. The molecule has 1 amide bonds. The summed E-state index contributed by atoms with van der Waals surface area (Å²) < 4.78 is 5.28. The lowest BCUT2D eigenvalue weighted by atomic mass is 9.88. The number of ketones is 1. The van der Waals surface area contributed by atoms with Gasteiger partial charge in [0.2, 0.25) is 0 Å². The summed E-state index contributed by atoms with van der Waals surface area (Å²) in [6.45, 7) is 5.17. The van der Waals surface area contributed by atoms with Gasteiger partial charge in [0.1, 0.15) is 11.2 Å². The van der Waals surface area contributed by atoms with Crippen LogP contribution < -0.4 is 5.48 Å². The molecule has 1 N–H and O–H groups in total. The summed E-state index contributed by atoms with van der Waals surface area (Å²) >= 11 is 0. The predicted octanol–water partition coefficient (Wildman–Crippen LogP) is 1.18. The first-order chi connectivity index (χ1) is 7.44. The first-order valence-corrected chi connectivity index (χ1v) is 5.53. The molecule has 1 heterocycles. The van der Waals surface area contributed by atoms with Gasteiger partial charge in [0.25, 0.3) is 5.91 Å². The van der Waals surface area contributed by atoms with Crippen LogP contribution in [0.1, 0.15) is 40.0 Å². The summed E-state index contributed by atoms with van der Waals surface area (Å²) in [5, 5.41) is 0. The molecule has 0 aromatic rings. The summed E-state index contributed by atoms with van der Waals surface area (Å²) in [6, 6.07) is 0. The van der Waals surface area contributed by atoms with Crippen LogP contribution in [0.25, 0.3) is 0 Å². The van der Waals surface area contributed by atoms with Gasteiger partial charge in [-0.25, -0.2) is 10.3 Å². The van der Waals surface area contributed by atoms with Crippen molar-refractivity contribution in [3.8, 4) is 0 Å². The third kappa shape index (κ3) is 3.28. The zero-order valence-electron chi connectivity index (χ0n) is 10.0. The summed E-state index contributed by atoms with van der Waals surface area (Å²) in [5.74, 6) is -0.632. The average molecular weight is 229 g/mol. The number of hydrogen-bond acceptors (Lipinski definition) is 4. The molecule has 1 aliphatic rings. The van der Waals surface area contributed by atoms with E-state index >= 15 is 0 Å². The fourth-order valence-corrected chi connectivity index (χ4v) is 1.21. The second kappa shape index (κ2) is 5.41. The van der Waals surface area contributed by atoms with E-state index in [1.165, 1.54) is 6.92 Å². The molecule has 0 spiro atoms. The van der Waals surface area contributed by atoms with Crippen molar-refractivity contribution in [3.63, 3.8) is 0 Å². The van der Waals surface area contributed by atoms with Gasteiger partial charge in [-0.15, -0.1) is 0 Å². The van der Waals surface area contributed by atoms with Gasteiger partial charge in [-0.2, -0.15) is 0 Å². The molecule has 1 fully saturated rings. The van der Waals surface area contributed by atoms with Crippen molar-refractivity contribution < 1.29 is 19.2 Å². The van der Waals surface area contributed by atoms with Crippen LogP contribution in [-0.4, -0.2) is 24.6 Å². The summed E-state index contributed by atoms with van der Waals surface area (Å²) in [7, 11) is 0. The molecule has 1 rings (SSSR count). The highest BCUT2D eigenvalue weighted by molar-refractivity contribution is 6.03. The third-order valence-corrected chi connectivity index (χ3v) is 2.87. The van der Waals surface area contributed by atoms with Crippen molar-refractivity contribution in [3.05, 3.63) is 0 Å². The highest BCUT2D eigenvalue weighted by Gasteiger charge is 2.33. The van der Waals surface area contributed by atoms with Crippen molar-refractivity contribution in [1.29, 1.82) is 0 Å². The Bertz CT molecular complexity index is 269. The summed E-state index contributed by atoms with van der Waals surface area (Å²) in [4.78, 5) is 28.0. The maximum absolute atomic E-state index is 11.6. The van der Waals surface area contributed by atoms with E-state index in [-0.39, 0.29) is 12.1 Å². The Balaban J connectivity index is 2.37. The molecule has 0 bridgehead atoms. The van der Waals surface area contributed by atoms with Gasteiger partial charge in [-0.1, -0.05) is 0 Å². The van der Waals surface area contributed by atoms with Gasteiger partial charge in [0, 0.05) is 13.0 Å². The minimum absolute atomic E-state index is 0.196. The SMILES string of the molecule is CC(=O)C(C)(C)C(=O)NOC1CCCCO1. The first kappa shape index (κ1) is 13.1. The number of nitrogens with one attached hydrogen (secondary N) is 1. The molecule has 16 heavy (non-hydrogen) atoms. The van der Waals surface area contributed by atoms with E-state index < -0.39 is 11.3 Å². The van der Waals surface area contributed by atoms with Crippen LogP contribution in [0.3, 0.4) is 0 Å². The summed E-state index contributed by atoms with van der Waals surface area (Å²) in [6.07, 6.45) is 2.42. The number of ether oxygens (including phenoxy) is 1. The fourth-order valence-electron chi connectivity index (χ4n) is 1.21. The summed E-state index contributed by atoms with van der Waals surface area (Å²) in [5.41, 5.74) is 1.23. The van der Waals surface area contributed by atoms with E-state index in [9.17, 15) is 9.59 Å². The number of amides is 1. The second-order valence-electron chi connectivity index (χ2n) is 4.53. The van der Waals surface area contributed by atoms with E-state index in [2.05, 4.69) is 5.48 Å². The van der Waals surface area contributed by atoms with Crippen molar-refractivity contribution in [2.45, 2.75) is 46.3 Å². The Kier molecular flexibility index (Phi) is 4.44. The van der Waals surface area contributed by atoms with Crippen LogP contribution in [0.15, 0.2) is 0 Å². The topological polar surface area (TPSA) is 64.6 Å². The molecule has 0 radical (unpaired) electrons. The van der Waals surface area contributed by atoms with Crippen molar-refractivity contribution in [2.75, 3.05) is 6.61 Å². The Hall–Kier alpha value is -0.940. The third-order valence-electron chi connectivity index (χ3n) is 2.87. The number of hydrogen-bond donors (Lipinski definition) is 1. The lowest BCUT2D eigenvalue weighted by Gasteiger charge is -2.25. The molecule has 1 aliphatic heterocycles. The average Bonchev–Trinajstić information content (AvgIpc) is 2.27. The second-order valence-corrected chi connectivity index (χ2v) is 4.53. The smallest absolute Gasteiger partial charge is 0.256 e. The lowest BCUT2D eigenvalue weighted by Crippen LogP contribution is -2.43. The van der Waals surface area contributed by atoms with Crippen LogP contribution >= 0.6 is 0 Å². The molecule has 92 valence electrons. The number of carbonyl (C=O) groups is 2. The number of rotatable bonds is 4. The van der Waals surface area contributed by atoms with Gasteiger partial charge in [0.15, 0.2) is 6.29 Å². The number of Topliss-reactive ketones (excluding diaryl/α,β-unsaturated/α-hetero) is 1. The van der Waals surface area contributed by atoms with Gasteiger partial charge < -0.3 is 4.74 Å². The van der Waals surface area contributed by atoms with Crippen LogP contribution in [0, 0.1) is 5.41 Å². The Morgan fingerprint density at radius 3 is 2.56 bits per heavy atom. The van der Waals surface area contributed by atoms with Crippen LogP contribution in [0.5, 0.6) is 0 Å². The molecular formula is C11H19NO4. The van der Waals surface area contributed by atoms with Gasteiger partial charge in [-0.05, 0) is 33.6 Å². The molecular weight excluding hydrogens is 210 g/mol. The number of hydroxylamine groups is 1. The highest BCUT2D eigenvalue weighted by Crippen LogP contribution is 2.17. The van der Waals surface area contributed by atoms with E-state index in [4.69, 9.17) is 9.57 Å². The zero-order chi connectivity index (χ0) is 12.2. The normalized spacial score (nSPS) is 21.6. The van der Waals surface area contributed by atoms with Gasteiger partial charge in [-0.3, -0.25) is 9.59 Å². The van der Waals surface area contributed by atoms with Crippen molar-refractivity contribution in [2.24, 2.45) is 5.41 Å². The molecule has 0 aromatic heterocycles. The van der Waals surface area contributed by atoms with Gasteiger partial charge in [0.05, 0.1) is 0 Å².